The molecule has 2 aromatic rings. The van der Waals surface area contributed by atoms with Crippen LogP contribution >= 0.6 is 0 Å². The second kappa shape index (κ2) is 9.51. The fourth-order valence-electron chi connectivity index (χ4n) is 2.16. The molecule has 1 amide bonds. The minimum Gasteiger partial charge on any atom is -0.494 e. The molecule has 0 fully saturated rings. The number of aryl methyl sites for hydroxylation is 1. The molecule has 0 unspecified atom stereocenters. The van der Waals surface area contributed by atoms with Crippen LogP contribution in [-0.2, 0) is 11.2 Å². The number of benzene rings is 2. The van der Waals surface area contributed by atoms with E-state index in [0.717, 1.165) is 18.6 Å². The molecule has 0 bridgehead atoms. The monoisotopic (exact) mass is 313 g/mol. The predicted octanol–water partition coefficient (Wildman–Crippen LogP) is 3.21. The van der Waals surface area contributed by atoms with Crippen LogP contribution in [0.2, 0.25) is 0 Å². The molecule has 4 nitrogen and oxygen atoms in total. The third-order valence-electron chi connectivity index (χ3n) is 3.31. The molecule has 1 N–H and O–H groups in total. The number of nitrogens with one attached hydrogen (secondary N) is 1. The van der Waals surface area contributed by atoms with Gasteiger partial charge in [-0.25, -0.2) is 0 Å². The third-order valence-corrected chi connectivity index (χ3v) is 3.31. The summed E-state index contributed by atoms with van der Waals surface area (Å²) in [5.74, 6) is 1.50. The first-order chi connectivity index (χ1) is 11.3. The summed E-state index contributed by atoms with van der Waals surface area (Å²) in [6.07, 6.45) is 1.82. The Morgan fingerprint density at radius 3 is 2.35 bits per heavy atom. The van der Waals surface area contributed by atoms with Crippen LogP contribution < -0.4 is 14.8 Å². The largest absolute Gasteiger partial charge is 0.494 e. The van der Waals surface area contributed by atoms with E-state index >= 15 is 0 Å². The summed E-state index contributed by atoms with van der Waals surface area (Å²) in [7, 11) is 0. The average Bonchev–Trinajstić information content (AvgIpc) is 2.59. The van der Waals surface area contributed by atoms with E-state index in [9.17, 15) is 4.79 Å². The Labute approximate surface area is 137 Å². The van der Waals surface area contributed by atoms with E-state index in [0.29, 0.717) is 18.9 Å². The molecule has 0 saturated carbocycles. The summed E-state index contributed by atoms with van der Waals surface area (Å²) in [6.45, 7) is 3.34. The molecule has 0 saturated heterocycles. The smallest absolute Gasteiger partial charge is 0.257 e. The highest BCUT2D eigenvalue weighted by Crippen LogP contribution is 2.13. The van der Waals surface area contributed by atoms with Gasteiger partial charge in [-0.05, 0) is 49.6 Å². The standard InChI is InChI=1S/C19H23NO3/c1-2-22-18-12-10-16(11-13-18)7-6-14-20-19(21)15-23-17-8-4-3-5-9-17/h3-5,8-13H,2,6-7,14-15H2,1H3,(H,20,21). The first kappa shape index (κ1) is 16.9. The minimum atomic E-state index is -0.0967. The van der Waals surface area contributed by atoms with Crippen LogP contribution in [0.15, 0.2) is 54.6 Å². The van der Waals surface area contributed by atoms with Crippen molar-refractivity contribution in [2.45, 2.75) is 19.8 Å². The van der Waals surface area contributed by atoms with Crippen molar-refractivity contribution in [1.29, 1.82) is 0 Å². The molecule has 0 aliphatic rings. The molecular weight excluding hydrogens is 290 g/mol. The van der Waals surface area contributed by atoms with Gasteiger partial charge in [0.15, 0.2) is 6.61 Å². The highest BCUT2D eigenvalue weighted by atomic mass is 16.5. The summed E-state index contributed by atoms with van der Waals surface area (Å²) in [4.78, 5) is 11.7. The average molecular weight is 313 g/mol. The second-order valence-electron chi connectivity index (χ2n) is 5.13. The minimum absolute atomic E-state index is 0.0487. The fraction of sp³-hybridized carbons (Fsp3) is 0.316. The van der Waals surface area contributed by atoms with Gasteiger partial charge in [-0.3, -0.25) is 4.79 Å². The number of para-hydroxylation sites is 1. The number of ether oxygens (including phenoxy) is 2. The lowest BCUT2D eigenvalue weighted by molar-refractivity contribution is -0.123. The number of rotatable bonds is 9. The number of hydrogen-bond donors (Lipinski definition) is 1. The maximum absolute atomic E-state index is 11.7. The van der Waals surface area contributed by atoms with Crippen molar-refractivity contribution in [3.05, 3.63) is 60.2 Å². The van der Waals surface area contributed by atoms with E-state index in [2.05, 4.69) is 17.4 Å². The van der Waals surface area contributed by atoms with Gasteiger partial charge in [0, 0.05) is 6.54 Å². The summed E-state index contributed by atoms with van der Waals surface area (Å²) in [5, 5.41) is 2.87. The molecule has 0 aliphatic carbocycles. The van der Waals surface area contributed by atoms with E-state index in [1.54, 1.807) is 0 Å². The van der Waals surface area contributed by atoms with E-state index < -0.39 is 0 Å². The number of amides is 1. The first-order valence-corrected chi connectivity index (χ1v) is 7.94. The van der Waals surface area contributed by atoms with Gasteiger partial charge in [0.05, 0.1) is 6.61 Å². The maximum atomic E-state index is 11.7. The predicted molar refractivity (Wildman–Crippen MR) is 90.9 cm³/mol. The Balaban J connectivity index is 1.60. The van der Waals surface area contributed by atoms with Crippen LogP contribution in [0.3, 0.4) is 0 Å². The molecule has 122 valence electrons. The molecule has 2 rings (SSSR count). The molecule has 0 heterocycles. The van der Waals surface area contributed by atoms with Crippen LogP contribution in [0, 0.1) is 0 Å². The Hall–Kier alpha value is -2.49. The van der Waals surface area contributed by atoms with Crippen molar-refractivity contribution < 1.29 is 14.3 Å². The molecule has 0 atom stereocenters. The Kier molecular flexibility index (Phi) is 6.98. The van der Waals surface area contributed by atoms with Gasteiger partial charge in [-0.1, -0.05) is 30.3 Å². The van der Waals surface area contributed by atoms with Crippen LogP contribution in [0.4, 0.5) is 0 Å². The second-order valence-corrected chi connectivity index (χ2v) is 5.13. The molecule has 23 heavy (non-hydrogen) atoms. The SMILES string of the molecule is CCOc1ccc(CCCNC(=O)COc2ccccc2)cc1. The van der Waals surface area contributed by atoms with E-state index in [1.165, 1.54) is 5.56 Å². The van der Waals surface area contributed by atoms with Crippen molar-refractivity contribution in [3.63, 3.8) is 0 Å². The van der Waals surface area contributed by atoms with Gasteiger partial charge in [0.25, 0.3) is 5.91 Å². The van der Waals surface area contributed by atoms with Crippen molar-refractivity contribution >= 4 is 5.91 Å². The van der Waals surface area contributed by atoms with E-state index in [1.807, 2.05) is 49.4 Å². The molecule has 0 aromatic heterocycles. The summed E-state index contributed by atoms with van der Waals surface area (Å²) >= 11 is 0. The number of carbonyl (C=O) groups is 1. The topological polar surface area (TPSA) is 47.6 Å². The Morgan fingerprint density at radius 1 is 0.957 bits per heavy atom. The maximum Gasteiger partial charge on any atom is 0.257 e. The van der Waals surface area contributed by atoms with Crippen molar-refractivity contribution in [2.75, 3.05) is 19.8 Å². The van der Waals surface area contributed by atoms with Crippen molar-refractivity contribution in [3.8, 4) is 11.5 Å². The van der Waals surface area contributed by atoms with Gasteiger partial charge in [0.2, 0.25) is 0 Å². The Bertz CT molecular complexity index is 581. The third kappa shape index (κ3) is 6.43. The lowest BCUT2D eigenvalue weighted by Gasteiger charge is -2.08. The highest BCUT2D eigenvalue weighted by Gasteiger charge is 2.02. The van der Waals surface area contributed by atoms with Crippen molar-refractivity contribution in [1.82, 2.24) is 5.32 Å². The fourth-order valence-corrected chi connectivity index (χ4v) is 2.16. The molecular formula is C19H23NO3. The van der Waals surface area contributed by atoms with Gasteiger partial charge < -0.3 is 14.8 Å². The number of carbonyl (C=O) groups excluding carboxylic acids is 1. The summed E-state index contributed by atoms with van der Waals surface area (Å²) < 4.78 is 10.8. The number of hydrogen-bond acceptors (Lipinski definition) is 3. The van der Waals surface area contributed by atoms with Crippen molar-refractivity contribution in [2.24, 2.45) is 0 Å². The lowest BCUT2D eigenvalue weighted by atomic mass is 10.1. The summed E-state index contributed by atoms with van der Waals surface area (Å²) in [6, 6.07) is 17.4. The van der Waals surface area contributed by atoms with Gasteiger partial charge in [-0.15, -0.1) is 0 Å². The van der Waals surface area contributed by atoms with E-state index in [-0.39, 0.29) is 12.5 Å². The Morgan fingerprint density at radius 2 is 1.65 bits per heavy atom. The highest BCUT2D eigenvalue weighted by molar-refractivity contribution is 5.77. The first-order valence-electron chi connectivity index (χ1n) is 7.94. The molecule has 0 spiro atoms. The lowest BCUT2D eigenvalue weighted by Crippen LogP contribution is -2.29. The van der Waals surface area contributed by atoms with Crippen LogP contribution in [0.5, 0.6) is 11.5 Å². The van der Waals surface area contributed by atoms with Crippen LogP contribution in [-0.4, -0.2) is 25.7 Å². The quantitative estimate of drug-likeness (QED) is 0.723. The molecule has 0 aliphatic heterocycles. The molecule has 4 heteroatoms. The van der Waals surface area contributed by atoms with Gasteiger partial charge in [0.1, 0.15) is 11.5 Å². The zero-order valence-corrected chi connectivity index (χ0v) is 13.5. The molecule has 0 radical (unpaired) electrons. The van der Waals surface area contributed by atoms with E-state index in [4.69, 9.17) is 9.47 Å². The van der Waals surface area contributed by atoms with Crippen LogP contribution in [0.1, 0.15) is 18.9 Å². The van der Waals surface area contributed by atoms with Gasteiger partial charge in [-0.2, -0.15) is 0 Å². The zero-order valence-electron chi connectivity index (χ0n) is 13.5. The van der Waals surface area contributed by atoms with Gasteiger partial charge >= 0.3 is 0 Å². The zero-order chi connectivity index (χ0) is 16.3. The summed E-state index contributed by atoms with van der Waals surface area (Å²) in [5.41, 5.74) is 1.24. The molecule has 2 aromatic carbocycles. The normalized spacial score (nSPS) is 10.1. The van der Waals surface area contributed by atoms with Crippen LogP contribution in [0.25, 0.3) is 0 Å².